The molecular weight excluding hydrogens is 366 g/mol. The molecule has 0 spiro atoms. The summed E-state index contributed by atoms with van der Waals surface area (Å²) in [5.74, 6) is -3.22. The maximum Gasteiger partial charge on any atom is 0.283 e. The van der Waals surface area contributed by atoms with Crippen molar-refractivity contribution in [1.29, 1.82) is 5.26 Å². The Balaban J connectivity index is 1.96. The van der Waals surface area contributed by atoms with Crippen LogP contribution >= 0.6 is 22.9 Å². The molecule has 1 N–H and O–H groups in total. The fourth-order valence-corrected chi connectivity index (χ4v) is 4.10. The second-order valence-corrected chi connectivity index (χ2v) is 7.22. The molecule has 2 aromatic heterocycles. The van der Waals surface area contributed by atoms with Crippen LogP contribution in [0.15, 0.2) is 41.9 Å². The number of nitrogens with zero attached hydrogens (tertiary/aromatic N) is 2. The van der Waals surface area contributed by atoms with Crippen LogP contribution in [0.2, 0.25) is 5.02 Å². The number of alkyl halides is 2. The third kappa shape index (κ3) is 2.47. The molecule has 1 aromatic carbocycles. The van der Waals surface area contributed by atoms with Gasteiger partial charge in [0.2, 0.25) is 0 Å². The van der Waals surface area contributed by atoms with Gasteiger partial charge in [-0.3, -0.25) is 0 Å². The molecule has 0 radical (unpaired) electrons. The van der Waals surface area contributed by atoms with E-state index in [9.17, 15) is 13.9 Å². The van der Waals surface area contributed by atoms with Crippen molar-refractivity contribution in [3.05, 3.63) is 63.8 Å². The van der Waals surface area contributed by atoms with E-state index in [0.717, 1.165) is 4.88 Å². The molecule has 7 heteroatoms. The summed E-state index contributed by atoms with van der Waals surface area (Å²) in [5, 5.41) is 21.5. The normalized spacial score (nSPS) is 18.1. The van der Waals surface area contributed by atoms with E-state index in [1.807, 2.05) is 23.6 Å². The van der Waals surface area contributed by atoms with Crippen molar-refractivity contribution >= 4 is 22.9 Å². The predicted octanol–water partition coefficient (Wildman–Crippen LogP) is 4.96. The van der Waals surface area contributed by atoms with E-state index in [4.69, 9.17) is 16.9 Å². The smallest absolute Gasteiger partial charge is 0.283 e. The Morgan fingerprint density at radius 3 is 2.84 bits per heavy atom. The average molecular weight is 377 g/mol. The lowest BCUT2D eigenvalue weighted by molar-refractivity contribution is -0.0970. The third-order valence-corrected chi connectivity index (χ3v) is 5.59. The first kappa shape index (κ1) is 16.3. The van der Waals surface area contributed by atoms with E-state index in [-0.39, 0.29) is 11.1 Å². The highest BCUT2D eigenvalue weighted by Crippen LogP contribution is 2.49. The van der Waals surface area contributed by atoms with Crippen LogP contribution in [0.1, 0.15) is 22.9 Å². The molecule has 0 aliphatic heterocycles. The van der Waals surface area contributed by atoms with Crippen molar-refractivity contribution in [2.24, 2.45) is 0 Å². The first-order valence-corrected chi connectivity index (χ1v) is 8.72. The van der Waals surface area contributed by atoms with Gasteiger partial charge in [-0.1, -0.05) is 17.7 Å². The summed E-state index contributed by atoms with van der Waals surface area (Å²) in [6, 6.07) is 10.5. The van der Waals surface area contributed by atoms with E-state index in [2.05, 4.69) is 0 Å². The van der Waals surface area contributed by atoms with Crippen molar-refractivity contribution in [2.45, 2.75) is 18.4 Å². The Morgan fingerprint density at radius 1 is 1.36 bits per heavy atom. The largest absolute Gasteiger partial charge is 0.382 e. The Morgan fingerprint density at radius 2 is 2.16 bits per heavy atom. The van der Waals surface area contributed by atoms with Gasteiger partial charge in [0.15, 0.2) is 0 Å². The number of fused-ring (bicyclic) bond motifs is 1. The van der Waals surface area contributed by atoms with Gasteiger partial charge in [-0.15, -0.1) is 11.3 Å². The molecule has 2 heterocycles. The van der Waals surface area contributed by atoms with Crippen LogP contribution in [0.4, 0.5) is 8.78 Å². The molecule has 1 atom stereocenters. The molecule has 0 saturated carbocycles. The zero-order chi connectivity index (χ0) is 17.8. The van der Waals surface area contributed by atoms with Gasteiger partial charge < -0.3 is 9.67 Å². The number of nitriles is 1. The van der Waals surface area contributed by atoms with Crippen LogP contribution in [0, 0.1) is 11.3 Å². The van der Waals surface area contributed by atoms with Gasteiger partial charge in [-0.05, 0) is 29.6 Å². The Kier molecular flexibility index (Phi) is 3.69. The minimum absolute atomic E-state index is 0.251. The molecule has 4 rings (SSSR count). The summed E-state index contributed by atoms with van der Waals surface area (Å²) < 4.78 is 29.9. The fourth-order valence-electron chi connectivity index (χ4n) is 3.19. The highest BCUT2D eigenvalue weighted by atomic mass is 35.5. The summed E-state index contributed by atoms with van der Waals surface area (Å²) in [7, 11) is 0. The number of aliphatic hydroxyl groups excluding tert-OH is 1. The molecule has 3 nitrogen and oxygen atoms in total. The second-order valence-electron chi connectivity index (χ2n) is 5.87. The lowest BCUT2D eigenvalue weighted by Gasteiger charge is -2.15. The van der Waals surface area contributed by atoms with Crippen LogP contribution in [-0.4, -0.2) is 15.6 Å². The average Bonchev–Trinajstić information content (AvgIpc) is 3.26. The van der Waals surface area contributed by atoms with E-state index in [0.29, 0.717) is 22.0 Å². The maximum absolute atomic E-state index is 14.2. The number of benzene rings is 1. The van der Waals surface area contributed by atoms with Crippen molar-refractivity contribution in [2.75, 3.05) is 0 Å². The predicted molar refractivity (Wildman–Crippen MR) is 92.4 cm³/mol. The summed E-state index contributed by atoms with van der Waals surface area (Å²) in [4.78, 5) is 0.807. The molecule has 1 aliphatic carbocycles. The van der Waals surface area contributed by atoms with Crippen molar-refractivity contribution < 1.29 is 13.9 Å². The quantitative estimate of drug-likeness (QED) is 0.687. The minimum Gasteiger partial charge on any atom is -0.382 e. The summed E-state index contributed by atoms with van der Waals surface area (Å²) >= 11 is 7.39. The van der Waals surface area contributed by atoms with Gasteiger partial charge >= 0.3 is 0 Å². The van der Waals surface area contributed by atoms with Crippen LogP contribution in [0.25, 0.3) is 16.1 Å². The summed E-state index contributed by atoms with van der Waals surface area (Å²) in [6.45, 7) is 0. The van der Waals surface area contributed by atoms with Gasteiger partial charge in [0, 0.05) is 33.6 Å². The highest BCUT2D eigenvalue weighted by Gasteiger charge is 2.50. The van der Waals surface area contributed by atoms with Crippen molar-refractivity contribution in [3.63, 3.8) is 0 Å². The fraction of sp³-hybridized carbons (Fsp3) is 0.167. The maximum atomic E-state index is 14.2. The summed E-state index contributed by atoms with van der Waals surface area (Å²) in [6.07, 6.45) is -0.665. The molecular formula is C18H11ClF2N2OS. The van der Waals surface area contributed by atoms with E-state index < -0.39 is 18.4 Å². The molecule has 25 heavy (non-hydrogen) atoms. The van der Waals surface area contributed by atoms with Crippen molar-refractivity contribution in [1.82, 2.24) is 4.57 Å². The van der Waals surface area contributed by atoms with Gasteiger partial charge in [0.05, 0.1) is 17.0 Å². The van der Waals surface area contributed by atoms with E-state index >= 15 is 0 Å². The Hall–Kier alpha value is -2.20. The molecule has 3 aromatic rings. The number of rotatable bonds is 2. The molecule has 0 bridgehead atoms. The molecule has 126 valence electrons. The van der Waals surface area contributed by atoms with Crippen molar-refractivity contribution in [3.8, 4) is 22.2 Å². The van der Waals surface area contributed by atoms with Crippen LogP contribution in [-0.2, 0) is 6.42 Å². The van der Waals surface area contributed by atoms with Gasteiger partial charge in [-0.2, -0.15) is 5.26 Å². The van der Waals surface area contributed by atoms with E-state index in [1.165, 1.54) is 11.3 Å². The van der Waals surface area contributed by atoms with E-state index in [1.54, 1.807) is 29.0 Å². The number of hydrogen-bond acceptors (Lipinski definition) is 3. The molecule has 1 unspecified atom stereocenters. The number of halogens is 3. The molecule has 1 aliphatic rings. The zero-order valence-corrected chi connectivity index (χ0v) is 14.3. The van der Waals surface area contributed by atoms with Crippen LogP contribution in [0.5, 0.6) is 0 Å². The standard InChI is InChI=1S/C18H11ClF2N2OS/c19-13-4-3-11(6-10(13)8-22)23-9-12(15-2-1-5-25-15)16-14(23)7-18(20,21)17(16)24/h1-6,9,17,24H,7H2. The Bertz CT molecular complexity index is 1010. The topological polar surface area (TPSA) is 49.0 Å². The number of aliphatic hydroxyl groups is 1. The highest BCUT2D eigenvalue weighted by molar-refractivity contribution is 7.13. The molecule has 0 fully saturated rings. The van der Waals surface area contributed by atoms with Crippen LogP contribution in [0.3, 0.4) is 0 Å². The second kappa shape index (κ2) is 5.67. The zero-order valence-electron chi connectivity index (χ0n) is 12.7. The third-order valence-electron chi connectivity index (χ3n) is 4.36. The van der Waals surface area contributed by atoms with Gasteiger partial charge in [0.1, 0.15) is 12.2 Å². The lowest BCUT2D eigenvalue weighted by atomic mass is 10.1. The Labute approximate surface area is 151 Å². The number of thiophene rings is 1. The minimum atomic E-state index is -3.22. The first-order valence-electron chi connectivity index (χ1n) is 7.46. The SMILES string of the molecule is N#Cc1cc(-n2cc(-c3cccs3)c3c2CC(F)(F)C3O)ccc1Cl. The monoisotopic (exact) mass is 376 g/mol. The lowest BCUT2D eigenvalue weighted by Crippen LogP contribution is -2.22. The summed E-state index contributed by atoms with van der Waals surface area (Å²) in [5.41, 5.74) is 2.02. The number of aromatic nitrogens is 1. The van der Waals surface area contributed by atoms with Gasteiger partial charge in [0.25, 0.3) is 5.92 Å². The molecule has 0 saturated heterocycles. The first-order chi connectivity index (χ1) is 11.9. The number of hydrogen-bond donors (Lipinski definition) is 1. The van der Waals surface area contributed by atoms with Crippen LogP contribution < -0.4 is 0 Å². The molecule has 0 amide bonds. The van der Waals surface area contributed by atoms with Gasteiger partial charge in [-0.25, -0.2) is 8.78 Å².